The van der Waals surface area contributed by atoms with E-state index in [0.717, 1.165) is 24.2 Å². The van der Waals surface area contributed by atoms with Crippen LogP contribution in [0.25, 0.3) is 0 Å². The summed E-state index contributed by atoms with van der Waals surface area (Å²) in [6.45, 7) is 1.63. The first-order valence-corrected chi connectivity index (χ1v) is 7.59. The Morgan fingerprint density at radius 1 is 0.955 bits per heavy atom. The maximum atomic E-state index is 12.2. The topological polar surface area (TPSA) is 32.8 Å². The zero-order valence-electron chi connectivity index (χ0n) is 12.5. The lowest BCUT2D eigenvalue weighted by Gasteiger charge is -2.39. The van der Waals surface area contributed by atoms with Crippen molar-refractivity contribution in [2.45, 2.75) is 19.4 Å². The summed E-state index contributed by atoms with van der Waals surface area (Å²) < 4.78 is 5.74. The zero-order chi connectivity index (χ0) is 15.2. The van der Waals surface area contributed by atoms with Crippen molar-refractivity contribution in [3.8, 4) is 0 Å². The number of hydrazine groups is 1. The third kappa shape index (κ3) is 3.46. The molecule has 0 atom stereocenters. The van der Waals surface area contributed by atoms with Crippen molar-refractivity contribution in [1.82, 2.24) is 5.01 Å². The molecule has 114 valence electrons. The third-order valence-corrected chi connectivity index (χ3v) is 3.72. The molecule has 1 aliphatic heterocycles. The van der Waals surface area contributed by atoms with E-state index in [4.69, 9.17) is 4.74 Å². The van der Waals surface area contributed by atoms with Crippen LogP contribution in [0, 0.1) is 0 Å². The number of nitrogens with zero attached hydrogens (tertiary/aromatic N) is 2. The summed E-state index contributed by atoms with van der Waals surface area (Å²) in [5, 5.41) is 3.72. The zero-order valence-corrected chi connectivity index (χ0v) is 12.5. The first-order chi connectivity index (χ1) is 10.8. The molecule has 1 aliphatic rings. The first kappa shape index (κ1) is 14.6. The Morgan fingerprint density at radius 3 is 2.36 bits per heavy atom. The molecule has 0 N–H and O–H groups in total. The van der Waals surface area contributed by atoms with Gasteiger partial charge in [-0.1, -0.05) is 48.5 Å². The predicted octanol–water partition coefficient (Wildman–Crippen LogP) is 3.20. The van der Waals surface area contributed by atoms with Crippen LogP contribution in [0.2, 0.25) is 0 Å². The van der Waals surface area contributed by atoms with Crippen LogP contribution in [0.1, 0.15) is 18.4 Å². The van der Waals surface area contributed by atoms with Gasteiger partial charge in [-0.2, -0.15) is 0 Å². The second-order valence-corrected chi connectivity index (χ2v) is 5.32. The maximum Gasteiger partial charge on any atom is 0.243 e. The summed E-state index contributed by atoms with van der Waals surface area (Å²) in [7, 11) is 0. The fourth-order valence-electron chi connectivity index (χ4n) is 2.60. The van der Waals surface area contributed by atoms with Gasteiger partial charge in [-0.3, -0.25) is 9.80 Å². The number of benzene rings is 2. The molecule has 0 aromatic heterocycles. The summed E-state index contributed by atoms with van der Waals surface area (Å²) in [4.78, 5) is 12.2. The highest BCUT2D eigenvalue weighted by molar-refractivity contribution is 5.79. The largest absolute Gasteiger partial charge is 0.355 e. The van der Waals surface area contributed by atoms with E-state index in [0.29, 0.717) is 13.0 Å². The van der Waals surface area contributed by atoms with E-state index in [2.05, 4.69) is 0 Å². The van der Waals surface area contributed by atoms with E-state index in [9.17, 15) is 4.79 Å². The Bertz CT molecular complexity index is 601. The molecular formula is C18H20N2O2. The third-order valence-electron chi connectivity index (χ3n) is 3.72. The monoisotopic (exact) mass is 296 g/mol. The molecule has 0 saturated carbocycles. The van der Waals surface area contributed by atoms with Crippen LogP contribution in [0.15, 0.2) is 60.7 Å². The van der Waals surface area contributed by atoms with Crippen LogP contribution in [0.3, 0.4) is 0 Å². The number of amides is 1. The summed E-state index contributed by atoms with van der Waals surface area (Å²) in [6.07, 6.45) is 1.46. The second kappa shape index (κ2) is 7.09. The molecule has 0 bridgehead atoms. The predicted molar refractivity (Wildman–Crippen MR) is 86.0 cm³/mol. The minimum atomic E-state index is 0.114. The molecule has 1 heterocycles. The summed E-state index contributed by atoms with van der Waals surface area (Å²) in [6, 6.07) is 20.0. The number of ether oxygens (including phenoxy) is 1. The van der Waals surface area contributed by atoms with Crippen molar-refractivity contribution in [2.75, 3.05) is 18.3 Å². The van der Waals surface area contributed by atoms with Gasteiger partial charge in [0.15, 0.2) is 0 Å². The Balaban J connectivity index is 1.64. The van der Waals surface area contributed by atoms with Gasteiger partial charge < -0.3 is 4.74 Å². The van der Waals surface area contributed by atoms with Crippen LogP contribution in [-0.2, 0) is 16.1 Å². The van der Waals surface area contributed by atoms with Crippen LogP contribution in [0.4, 0.5) is 5.69 Å². The maximum absolute atomic E-state index is 12.2. The fraction of sp³-hybridized carbons (Fsp3) is 0.278. The molecule has 22 heavy (non-hydrogen) atoms. The van der Waals surface area contributed by atoms with E-state index in [1.165, 1.54) is 0 Å². The summed E-state index contributed by atoms with van der Waals surface area (Å²) in [5.74, 6) is 0.114. The van der Waals surface area contributed by atoms with E-state index < -0.39 is 0 Å². The van der Waals surface area contributed by atoms with E-state index in [1.54, 1.807) is 5.01 Å². The van der Waals surface area contributed by atoms with Gasteiger partial charge in [0.2, 0.25) is 5.91 Å². The molecule has 3 rings (SSSR count). The van der Waals surface area contributed by atoms with Gasteiger partial charge in [0.1, 0.15) is 6.73 Å². The Morgan fingerprint density at radius 2 is 1.64 bits per heavy atom. The average molecular weight is 296 g/mol. The molecule has 1 amide bonds. The van der Waals surface area contributed by atoms with Gasteiger partial charge in [0.25, 0.3) is 0 Å². The van der Waals surface area contributed by atoms with Crippen molar-refractivity contribution in [2.24, 2.45) is 0 Å². The van der Waals surface area contributed by atoms with Gasteiger partial charge in [-0.15, -0.1) is 0 Å². The number of rotatable bonds is 5. The molecule has 2 aromatic rings. The van der Waals surface area contributed by atoms with Gasteiger partial charge >= 0.3 is 0 Å². The van der Waals surface area contributed by atoms with Gasteiger partial charge in [0.05, 0.1) is 12.3 Å². The number of hydrogen-bond acceptors (Lipinski definition) is 3. The molecule has 0 aliphatic carbocycles. The molecule has 4 nitrogen and oxygen atoms in total. The molecule has 0 spiro atoms. The van der Waals surface area contributed by atoms with Gasteiger partial charge in [-0.25, -0.2) is 5.01 Å². The van der Waals surface area contributed by atoms with Crippen molar-refractivity contribution in [1.29, 1.82) is 0 Å². The number of hydrogen-bond donors (Lipinski definition) is 0. The molecular weight excluding hydrogens is 276 g/mol. The summed E-state index contributed by atoms with van der Waals surface area (Å²) >= 11 is 0. The smallest absolute Gasteiger partial charge is 0.243 e. The Kier molecular flexibility index (Phi) is 4.71. The van der Waals surface area contributed by atoms with E-state index in [1.807, 2.05) is 65.7 Å². The highest BCUT2D eigenvalue weighted by atomic mass is 16.5. The molecule has 2 aromatic carbocycles. The average Bonchev–Trinajstić information content (AvgIpc) is 2.58. The van der Waals surface area contributed by atoms with Crippen LogP contribution < -0.4 is 5.01 Å². The minimum Gasteiger partial charge on any atom is -0.355 e. The number of anilines is 1. The number of carbonyl (C=O) groups excluding carboxylic acids is 1. The Hall–Kier alpha value is -2.33. The number of para-hydroxylation sites is 1. The Labute approximate surface area is 130 Å². The van der Waals surface area contributed by atoms with E-state index >= 15 is 0 Å². The van der Waals surface area contributed by atoms with Crippen molar-refractivity contribution in [3.63, 3.8) is 0 Å². The normalized spacial score (nSPS) is 15.2. The molecule has 0 radical (unpaired) electrons. The first-order valence-electron chi connectivity index (χ1n) is 7.59. The lowest BCUT2D eigenvalue weighted by Crippen LogP contribution is -2.51. The quantitative estimate of drug-likeness (QED) is 0.849. The number of carbonyl (C=O) groups is 1. The standard InChI is InChI=1S/C18H20N2O2/c21-18-12-7-13-19(17-10-5-2-6-11-17)20(18)15-22-14-16-8-3-1-4-9-16/h1-6,8-11H,7,12-15H2. The van der Waals surface area contributed by atoms with E-state index in [-0.39, 0.29) is 12.6 Å². The van der Waals surface area contributed by atoms with Gasteiger partial charge in [0, 0.05) is 13.0 Å². The molecule has 1 fully saturated rings. The van der Waals surface area contributed by atoms with Crippen molar-refractivity contribution >= 4 is 11.6 Å². The van der Waals surface area contributed by atoms with Crippen molar-refractivity contribution < 1.29 is 9.53 Å². The van der Waals surface area contributed by atoms with Crippen molar-refractivity contribution in [3.05, 3.63) is 66.2 Å². The molecule has 0 unspecified atom stereocenters. The lowest BCUT2D eigenvalue weighted by molar-refractivity contribution is -0.140. The summed E-state index contributed by atoms with van der Waals surface area (Å²) in [5.41, 5.74) is 2.14. The van der Waals surface area contributed by atoms with Gasteiger partial charge in [-0.05, 0) is 24.1 Å². The molecule has 1 saturated heterocycles. The molecule has 4 heteroatoms. The van der Waals surface area contributed by atoms with Crippen LogP contribution in [0.5, 0.6) is 0 Å². The second-order valence-electron chi connectivity index (χ2n) is 5.32. The highest BCUT2D eigenvalue weighted by Gasteiger charge is 2.26. The van der Waals surface area contributed by atoms with Crippen LogP contribution in [-0.4, -0.2) is 24.2 Å². The lowest BCUT2D eigenvalue weighted by atomic mass is 10.2. The minimum absolute atomic E-state index is 0.114. The van der Waals surface area contributed by atoms with Crippen LogP contribution >= 0.6 is 0 Å². The SMILES string of the molecule is O=C1CCCN(c2ccccc2)N1COCc1ccccc1. The highest BCUT2D eigenvalue weighted by Crippen LogP contribution is 2.21. The fourth-order valence-corrected chi connectivity index (χ4v) is 2.60.